The molecule has 2 heterocycles. The zero-order chi connectivity index (χ0) is 20.2. The number of rotatable bonds is 10. The lowest BCUT2D eigenvalue weighted by atomic mass is 10.1. The van der Waals surface area contributed by atoms with Crippen LogP contribution in [0.3, 0.4) is 0 Å². The number of hydrogen-bond acceptors (Lipinski definition) is 5. The lowest BCUT2D eigenvalue weighted by Gasteiger charge is -2.30. The number of ether oxygens (including phenoxy) is 3. The van der Waals surface area contributed by atoms with Gasteiger partial charge in [-0.1, -0.05) is 18.2 Å². The van der Waals surface area contributed by atoms with Gasteiger partial charge in [0.25, 0.3) is 0 Å². The first-order valence-corrected chi connectivity index (χ1v) is 10.9. The quantitative estimate of drug-likeness (QED) is 0.353. The second-order valence-corrected chi connectivity index (χ2v) is 7.51. The van der Waals surface area contributed by atoms with Gasteiger partial charge in [-0.3, -0.25) is 0 Å². The number of nitrogens with one attached hydrogen (secondary N) is 2. The van der Waals surface area contributed by atoms with E-state index >= 15 is 0 Å². The van der Waals surface area contributed by atoms with Crippen LogP contribution in [0.5, 0.6) is 0 Å². The van der Waals surface area contributed by atoms with Gasteiger partial charge in [0.05, 0.1) is 33.0 Å². The minimum atomic E-state index is 0.577. The number of nitrogens with zero attached hydrogens (tertiary/aromatic N) is 2. The smallest absolute Gasteiger partial charge is 0.191 e. The van der Waals surface area contributed by atoms with Gasteiger partial charge in [0.2, 0.25) is 0 Å². The Labute approximate surface area is 174 Å². The van der Waals surface area contributed by atoms with Crippen molar-refractivity contribution < 1.29 is 14.2 Å². The second-order valence-electron chi connectivity index (χ2n) is 7.51. The van der Waals surface area contributed by atoms with Crippen molar-refractivity contribution in [3.8, 4) is 0 Å². The Hall–Kier alpha value is -1.83. The summed E-state index contributed by atoms with van der Waals surface area (Å²) in [6, 6.07) is 8.53. The van der Waals surface area contributed by atoms with E-state index in [2.05, 4.69) is 46.7 Å². The molecular formula is C22H36N4O3. The third-order valence-electron chi connectivity index (χ3n) is 5.23. The molecule has 1 atom stereocenters. The van der Waals surface area contributed by atoms with Gasteiger partial charge < -0.3 is 29.7 Å². The molecule has 1 unspecified atom stereocenters. The summed E-state index contributed by atoms with van der Waals surface area (Å²) in [5.41, 5.74) is 2.51. The minimum Gasteiger partial charge on any atom is -0.381 e. The standard InChI is InChI=1S/C22H36N4O3/c1-2-23-22(24-9-5-12-28-17-19-8-13-29-18-19)25-16-20-6-3-4-7-21(20)26-10-14-27-15-11-26/h3-4,6-7,19H,2,5,8-18H2,1H3,(H2,23,24,25). The zero-order valence-corrected chi connectivity index (χ0v) is 17.7. The normalized spacial score (nSPS) is 20.1. The topological polar surface area (TPSA) is 67.4 Å². The van der Waals surface area contributed by atoms with Gasteiger partial charge in [-0.25, -0.2) is 4.99 Å². The van der Waals surface area contributed by atoms with Gasteiger partial charge in [-0.2, -0.15) is 0 Å². The van der Waals surface area contributed by atoms with E-state index in [1.165, 1.54) is 11.3 Å². The second kappa shape index (κ2) is 12.7. The van der Waals surface area contributed by atoms with Crippen LogP contribution in [0.15, 0.2) is 29.3 Å². The first-order valence-electron chi connectivity index (χ1n) is 10.9. The van der Waals surface area contributed by atoms with Crippen LogP contribution < -0.4 is 15.5 Å². The molecule has 1 aromatic rings. The maximum atomic E-state index is 5.78. The Morgan fingerprint density at radius 2 is 2.03 bits per heavy atom. The van der Waals surface area contributed by atoms with Crippen molar-refractivity contribution in [1.29, 1.82) is 0 Å². The van der Waals surface area contributed by atoms with Gasteiger partial charge in [0.1, 0.15) is 0 Å². The average Bonchev–Trinajstić information content (AvgIpc) is 3.29. The number of morpholine rings is 1. The van der Waals surface area contributed by atoms with E-state index in [-0.39, 0.29) is 0 Å². The molecule has 0 aliphatic carbocycles. The monoisotopic (exact) mass is 404 g/mol. The molecule has 7 nitrogen and oxygen atoms in total. The summed E-state index contributed by atoms with van der Waals surface area (Å²) in [6.07, 6.45) is 2.09. The van der Waals surface area contributed by atoms with Crippen molar-refractivity contribution in [2.24, 2.45) is 10.9 Å². The first-order chi connectivity index (χ1) is 14.4. The minimum absolute atomic E-state index is 0.577. The Kier molecular flexibility index (Phi) is 9.56. The maximum absolute atomic E-state index is 5.78. The van der Waals surface area contributed by atoms with E-state index in [0.717, 1.165) is 84.6 Å². The number of para-hydroxylation sites is 1. The van der Waals surface area contributed by atoms with Gasteiger partial charge in [0.15, 0.2) is 5.96 Å². The summed E-state index contributed by atoms with van der Waals surface area (Å²) in [5.74, 6) is 1.43. The van der Waals surface area contributed by atoms with Crippen LogP contribution in [-0.4, -0.2) is 71.8 Å². The van der Waals surface area contributed by atoms with Gasteiger partial charge in [-0.15, -0.1) is 0 Å². The van der Waals surface area contributed by atoms with E-state index in [1.807, 2.05) is 0 Å². The molecule has 2 N–H and O–H groups in total. The summed E-state index contributed by atoms with van der Waals surface area (Å²) in [5, 5.41) is 6.75. The van der Waals surface area contributed by atoms with E-state index in [4.69, 9.17) is 19.2 Å². The first kappa shape index (κ1) is 21.9. The summed E-state index contributed by atoms with van der Waals surface area (Å²) < 4.78 is 16.6. The van der Waals surface area contributed by atoms with Crippen LogP contribution >= 0.6 is 0 Å². The van der Waals surface area contributed by atoms with Crippen molar-refractivity contribution in [2.45, 2.75) is 26.3 Å². The third kappa shape index (κ3) is 7.49. The average molecular weight is 405 g/mol. The Morgan fingerprint density at radius 1 is 1.17 bits per heavy atom. The van der Waals surface area contributed by atoms with E-state index in [0.29, 0.717) is 12.5 Å². The largest absolute Gasteiger partial charge is 0.381 e. The highest BCUT2D eigenvalue weighted by Crippen LogP contribution is 2.22. The van der Waals surface area contributed by atoms with Crippen molar-refractivity contribution in [3.63, 3.8) is 0 Å². The molecule has 2 aliphatic heterocycles. The van der Waals surface area contributed by atoms with E-state index in [9.17, 15) is 0 Å². The number of guanidine groups is 1. The highest BCUT2D eigenvalue weighted by Gasteiger charge is 2.15. The molecule has 0 spiro atoms. The van der Waals surface area contributed by atoms with Gasteiger partial charge >= 0.3 is 0 Å². The molecule has 0 amide bonds. The van der Waals surface area contributed by atoms with Crippen molar-refractivity contribution in [2.75, 3.05) is 70.7 Å². The van der Waals surface area contributed by atoms with E-state index < -0.39 is 0 Å². The van der Waals surface area contributed by atoms with Crippen molar-refractivity contribution >= 4 is 11.6 Å². The number of aliphatic imine (C=N–C) groups is 1. The molecule has 162 valence electrons. The Balaban J connectivity index is 1.43. The lowest BCUT2D eigenvalue weighted by molar-refractivity contribution is 0.0888. The molecule has 0 bridgehead atoms. The molecular weight excluding hydrogens is 368 g/mol. The van der Waals surface area contributed by atoms with Crippen LogP contribution in [-0.2, 0) is 20.8 Å². The summed E-state index contributed by atoms with van der Waals surface area (Å²) in [6.45, 7) is 11.2. The summed E-state index contributed by atoms with van der Waals surface area (Å²) >= 11 is 0. The molecule has 3 rings (SSSR count). The predicted molar refractivity (Wildman–Crippen MR) is 117 cm³/mol. The SMILES string of the molecule is CCNC(=NCc1ccccc1N1CCOCC1)NCCCOCC1CCOC1. The van der Waals surface area contributed by atoms with Crippen LogP contribution in [0, 0.1) is 5.92 Å². The third-order valence-corrected chi connectivity index (χ3v) is 5.23. The van der Waals surface area contributed by atoms with Crippen LogP contribution in [0.4, 0.5) is 5.69 Å². The summed E-state index contributed by atoms with van der Waals surface area (Å²) in [4.78, 5) is 7.19. The molecule has 0 aromatic heterocycles. The fourth-order valence-electron chi connectivity index (χ4n) is 3.61. The zero-order valence-electron chi connectivity index (χ0n) is 17.7. The number of hydrogen-bond donors (Lipinski definition) is 2. The fourth-order valence-corrected chi connectivity index (χ4v) is 3.61. The molecule has 29 heavy (non-hydrogen) atoms. The van der Waals surface area contributed by atoms with Crippen molar-refractivity contribution in [3.05, 3.63) is 29.8 Å². The Morgan fingerprint density at radius 3 is 2.83 bits per heavy atom. The number of benzene rings is 1. The maximum Gasteiger partial charge on any atom is 0.191 e. The molecule has 2 aliphatic rings. The molecule has 0 saturated carbocycles. The van der Waals surface area contributed by atoms with Gasteiger partial charge in [-0.05, 0) is 31.4 Å². The lowest BCUT2D eigenvalue weighted by Crippen LogP contribution is -2.38. The van der Waals surface area contributed by atoms with Crippen LogP contribution in [0.2, 0.25) is 0 Å². The molecule has 2 fully saturated rings. The highest BCUT2D eigenvalue weighted by molar-refractivity contribution is 5.79. The van der Waals surface area contributed by atoms with Gasteiger partial charge in [0, 0.05) is 51.0 Å². The van der Waals surface area contributed by atoms with Crippen LogP contribution in [0.25, 0.3) is 0 Å². The van der Waals surface area contributed by atoms with Crippen molar-refractivity contribution in [1.82, 2.24) is 10.6 Å². The fraction of sp³-hybridized carbons (Fsp3) is 0.682. The summed E-state index contributed by atoms with van der Waals surface area (Å²) in [7, 11) is 0. The molecule has 7 heteroatoms. The highest BCUT2D eigenvalue weighted by atomic mass is 16.5. The van der Waals surface area contributed by atoms with Crippen LogP contribution in [0.1, 0.15) is 25.3 Å². The Bertz CT molecular complexity index is 614. The molecule has 2 saturated heterocycles. The van der Waals surface area contributed by atoms with E-state index in [1.54, 1.807) is 0 Å². The predicted octanol–water partition coefficient (Wildman–Crippen LogP) is 2.02. The molecule has 0 radical (unpaired) electrons. The number of anilines is 1. The molecule has 1 aromatic carbocycles.